The van der Waals surface area contributed by atoms with Crippen molar-refractivity contribution in [3.63, 3.8) is 0 Å². The van der Waals surface area contributed by atoms with Gasteiger partial charge < -0.3 is 8.92 Å². The lowest BCUT2D eigenvalue weighted by Crippen LogP contribution is -2.37. The van der Waals surface area contributed by atoms with E-state index in [1.54, 1.807) is 0 Å². The van der Waals surface area contributed by atoms with Crippen LogP contribution in [0, 0.1) is 10.1 Å². The SMILES string of the molecule is COc1cc(Br)nc(NC(=O)NS(=O)(=O)Oc2ccccc2[N+](=O)[O-])n1. The van der Waals surface area contributed by atoms with Crippen LogP contribution < -0.4 is 19.0 Å². The Bertz CT molecular complexity index is 953. The van der Waals surface area contributed by atoms with Crippen LogP contribution in [-0.2, 0) is 10.3 Å². The first-order valence-electron chi connectivity index (χ1n) is 6.55. The summed E-state index contributed by atoms with van der Waals surface area (Å²) >= 11 is 3.06. The number of halogens is 1. The highest BCUT2D eigenvalue weighted by Crippen LogP contribution is 2.26. The molecule has 1 aromatic carbocycles. The van der Waals surface area contributed by atoms with Crippen molar-refractivity contribution in [3.8, 4) is 11.6 Å². The second kappa shape index (κ2) is 7.92. The number of nitro benzene ring substituents is 1. The maximum absolute atomic E-state index is 11.9. The van der Waals surface area contributed by atoms with Crippen molar-refractivity contribution in [2.45, 2.75) is 0 Å². The lowest BCUT2D eigenvalue weighted by atomic mass is 10.3. The van der Waals surface area contributed by atoms with E-state index < -0.39 is 32.7 Å². The smallest absolute Gasteiger partial charge is 0.411 e. The highest BCUT2D eigenvalue weighted by atomic mass is 79.9. The van der Waals surface area contributed by atoms with Crippen LogP contribution in [-0.4, -0.2) is 36.4 Å². The van der Waals surface area contributed by atoms with Gasteiger partial charge in [-0.15, -0.1) is 0 Å². The van der Waals surface area contributed by atoms with Crippen LogP contribution in [0.4, 0.5) is 16.4 Å². The standard InChI is InChI=1S/C12H10BrN5O7S/c1-24-10-6-9(13)14-11(15-10)16-12(19)17-26(22,23)25-8-5-3-2-4-7(8)18(20)21/h2-6H,1H3,(H2,14,15,16,17,19). The minimum Gasteiger partial charge on any atom is -0.481 e. The van der Waals surface area contributed by atoms with Gasteiger partial charge in [0.2, 0.25) is 17.6 Å². The lowest BCUT2D eigenvalue weighted by Gasteiger charge is -2.09. The number of carbonyl (C=O) groups excluding carboxylic acids is 1. The quantitative estimate of drug-likeness (QED) is 0.380. The van der Waals surface area contributed by atoms with E-state index >= 15 is 0 Å². The predicted octanol–water partition coefficient (Wildman–Crippen LogP) is 1.60. The molecule has 14 heteroatoms. The molecule has 2 N–H and O–H groups in total. The highest BCUT2D eigenvalue weighted by molar-refractivity contribution is 9.10. The normalized spacial score (nSPS) is 10.7. The fourth-order valence-corrected chi connectivity index (χ4v) is 2.68. The molecule has 1 heterocycles. The van der Waals surface area contributed by atoms with Gasteiger partial charge in [0.1, 0.15) is 4.60 Å². The highest BCUT2D eigenvalue weighted by Gasteiger charge is 2.23. The molecule has 2 aromatic rings. The van der Waals surface area contributed by atoms with Crippen molar-refractivity contribution in [2.75, 3.05) is 12.4 Å². The van der Waals surface area contributed by atoms with Gasteiger partial charge >= 0.3 is 22.0 Å². The maximum Gasteiger partial charge on any atom is 0.411 e. The zero-order valence-electron chi connectivity index (χ0n) is 12.9. The van der Waals surface area contributed by atoms with E-state index in [2.05, 4.69) is 35.4 Å². The fourth-order valence-electron chi connectivity index (χ4n) is 1.62. The monoisotopic (exact) mass is 447 g/mol. The molecule has 12 nitrogen and oxygen atoms in total. The maximum atomic E-state index is 11.9. The third-order valence-electron chi connectivity index (χ3n) is 2.58. The minimum absolute atomic E-state index is 0.112. The van der Waals surface area contributed by atoms with Gasteiger partial charge in [-0.2, -0.15) is 13.4 Å². The summed E-state index contributed by atoms with van der Waals surface area (Å²) in [4.78, 5) is 29.4. The number of benzene rings is 1. The minimum atomic E-state index is -4.70. The van der Waals surface area contributed by atoms with E-state index in [1.165, 1.54) is 30.0 Å². The topological polar surface area (TPSA) is 163 Å². The number of amides is 2. The summed E-state index contributed by atoms with van der Waals surface area (Å²) < 4.78 is 35.0. The molecule has 0 fully saturated rings. The number of carbonyl (C=O) groups is 1. The number of ether oxygens (including phenoxy) is 1. The Morgan fingerprint density at radius 1 is 1.31 bits per heavy atom. The summed E-state index contributed by atoms with van der Waals surface area (Å²) in [6.07, 6.45) is 0. The molecule has 0 saturated carbocycles. The van der Waals surface area contributed by atoms with E-state index in [9.17, 15) is 23.3 Å². The molecule has 2 amide bonds. The molecule has 0 aliphatic heterocycles. The molecule has 0 radical (unpaired) electrons. The number of anilines is 1. The molecule has 0 spiro atoms. The summed E-state index contributed by atoms with van der Waals surface area (Å²) in [5.74, 6) is -0.700. The Morgan fingerprint density at radius 2 is 2.00 bits per heavy atom. The van der Waals surface area contributed by atoms with Gasteiger partial charge in [-0.05, 0) is 22.0 Å². The Morgan fingerprint density at radius 3 is 2.65 bits per heavy atom. The summed E-state index contributed by atoms with van der Waals surface area (Å²) in [6.45, 7) is 0. The van der Waals surface area contributed by atoms with E-state index in [0.29, 0.717) is 0 Å². The average molecular weight is 448 g/mol. The molecule has 1 aromatic heterocycles. The molecule has 0 aliphatic carbocycles. The molecule has 26 heavy (non-hydrogen) atoms. The number of urea groups is 1. The summed E-state index contributed by atoms with van der Waals surface area (Å²) in [5, 5.41) is 12.9. The Hall–Kier alpha value is -3.00. The number of hydrogen-bond donors (Lipinski definition) is 2. The van der Waals surface area contributed by atoms with Gasteiger partial charge in [0, 0.05) is 12.1 Å². The largest absolute Gasteiger partial charge is 0.481 e. The van der Waals surface area contributed by atoms with E-state index in [4.69, 9.17) is 4.74 Å². The van der Waals surface area contributed by atoms with E-state index in [0.717, 1.165) is 12.1 Å². The average Bonchev–Trinajstić information content (AvgIpc) is 2.53. The molecule has 0 atom stereocenters. The molecule has 0 bridgehead atoms. The van der Waals surface area contributed by atoms with Crippen molar-refractivity contribution in [3.05, 3.63) is 45.0 Å². The second-order valence-corrected chi connectivity index (χ2v) is 6.47. The van der Waals surface area contributed by atoms with Crippen LogP contribution >= 0.6 is 15.9 Å². The van der Waals surface area contributed by atoms with Gasteiger partial charge in [0.25, 0.3) is 0 Å². The predicted molar refractivity (Wildman–Crippen MR) is 91.1 cm³/mol. The molecular formula is C12H10BrN5O7S. The first kappa shape index (κ1) is 19.3. The summed E-state index contributed by atoms with van der Waals surface area (Å²) in [6, 6.07) is 4.94. The first-order chi connectivity index (χ1) is 12.2. The van der Waals surface area contributed by atoms with Crippen molar-refractivity contribution in [2.24, 2.45) is 0 Å². The van der Waals surface area contributed by atoms with Crippen LogP contribution in [0.1, 0.15) is 0 Å². The Kier molecular flexibility index (Phi) is 5.89. The third-order valence-corrected chi connectivity index (χ3v) is 3.83. The zero-order valence-corrected chi connectivity index (χ0v) is 15.3. The van der Waals surface area contributed by atoms with Gasteiger partial charge in [-0.1, -0.05) is 12.1 Å². The van der Waals surface area contributed by atoms with Crippen LogP contribution in [0.5, 0.6) is 11.6 Å². The number of para-hydroxylation sites is 2. The second-order valence-electron chi connectivity index (χ2n) is 4.38. The molecule has 2 rings (SSSR count). The number of nitrogens with zero attached hydrogens (tertiary/aromatic N) is 3. The number of nitrogens with one attached hydrogen (secondary N) is 2. The summed E-state index contributed by atoms with van der Waals surface area (Å²) in [5.41, 5.74) is -0.585. The van der Waals surface area contributed by atoms with Crippen LogP contribution in [0.15, 0.2) is 34.9 Å². The van der Waals surface area contributed by atoms with Crippen molar-refractivity contribution < 1.29 is 27.1 Å². The fraction of sp³-hybridized carbons (Fsp3) is 0.0833. The molecular weight excluding hydrogens is 438 g/mol. The van der Waals surface area contributed by atoms with Crippen molar-refractivity contribution in [1.82, 2.24) is 14.7 Å². The summed E-state index contributed by atoms with van der Waals surface area (Å²) in [7, 11) is -3.36. The molecule has 0 aliphatic rings. The van der Waals surface area contributed by atoms with Gasteiger partial charge in [-0.3, -0.25) is 15.4 Å². The first-order valence-corrected chi connectivity index (χ1v) is 8.75. The Balaban J connectivity index is 2.11. The number of aromatic nitrogens is 2. The van der Waals surface area contributed by atoms with Crippen LogP contribution in [0.25, 0.3) is 0 Å². The third kappa shape index (κ3) is 5.25. The molecule has 0 saturated heterocycles. The zero-order chi connectivity index (χ0) is 19.3. The van der Waals surface area contributed by atoms with Crippen LogP contribution in [0.3, 0.4) is 0 Å². The molecule has 0 unspecified atom stereocenters. The van der Waals surface area contributed by atoms with Gasteiger partial charge in [0.15, 0.2) is 0 Å². The van der Waals surface area contributed by atoms with E-state index in [-0.39, 0.29) is 16.4 Å². The number of rotatable bonds is 6. The molecule has 138 valence electrons. The Labute approximate surface area is 155 Å². The van der Waals surface area contributed by atoms with Crippen LogP contribution in [0.2, 0.25) is 0 Å². The van der Waals surface area contributed by atoms with E-state index in [1.807, 2.05) is 0 Å². The number of methoxy groups -OCH3 is 1. The van der Waals surface area contributed by atoms with Gasteiger partial charge in [-0.25, -0.2) is 14.5 Å². The van der Waals surface area contributed by atoms with Crippen molar-refractivity contribution >= 4 is 43.9 Å². The number of hydrogen-bond acceptors (Lipinski definition) is 9. The van der Waals surface area contributed by atoms with Gasteiger partial charge in [0.05, 0.1) is 12.0 Å². The number of nitro groups is 1. The lowest BCUT2D eigenvalue weighted by molar-refractivity contribution is -0.385. The van der Waals surface area contributed by atoms with Crippen molar-refractivity contribution in [1.29, 1.82) is 0 Å².